The number of hydrogen-bond acceptors (Lipinski definition) is 6. The van der Waals surface area contributed by atoms with Gasteiger partial charge in [-0.25, -0.2) is 15.0 Å². The summed E-state index contributed by atoms with van der Waals surface area (Å²) < 4.78 is 1.85. The highest BCUT2D eigenvalue weighted by Crippen LogP contribution is 2.31. The second-order valence-corrected chi connectivity index (χ2v) is 8.60. The van der Waals surface area contributed by atoms with Crippen molar-refractivity contribution in [3.05, 3.63) is 23.1 Å². The smallest absolute Gasteiger partial charge is 0.209 e. The van der Waals surface area contributed by atoms with Crippen LogP contribution in [0.15, 0.2) is 17.3 Å². The van der Waals surface area contributed by atoms with Crippen LogP contribution in [0.4, 0.5) is 5.82 Å². The highest BCUT2D eigenvalue weighted by atomic mass is 32.2. The Morgan fingerprint density at radius 3 is 3.07 bits per heavy atom. The van der Waals surface area contributed by atoms with E-state index in [1.54, 1.807) is 18.1 Å². The van der Waals surface area contributed by atoms with Crippen LogP contribution < -0.4 is 5.73 Å². The number of allylic oxidation sites excluding steroid dienone is 2. The number of thioether (sulfide) groups is 1. The molecule has 2 atom stereocenters. The molecule has 0 amide bonds. The molecule has 1 aliphatic carbocycles. The van der Waals surface area contributed by atoms with Gasteiger partial charge in [0, 0.05) is 5.75 Å². The van der Waals surface area contributed by atoms with Gasteiger partial charge in [0.25, 0.3) is 0 Å². The average molecular weight is 394 g/mol. The van der Waals surface area contributed by atoms with E-state index < -0.39 is 5.60 Å². The summed E-state index contributed by atoms with van der Waals surface area (Å²) in [6.45, 7) is 2.62. The van der Waals surface area contributed by atoms with Crippen LogP contribution in [0.1, 0.15) is 44.9 Å². The van der Waals surface area contributed by atoms with Crippen molar-refractivity contribution in [3.8, 4) is 23.7 Å². The van der Waals surface area contributed by atoms with E-state index >= 15 is 0 Å². The molecule has 144 valence electrons. The number of nitrogens with zero attached hydrogens (tertiary/aromatic N) is 4. The van der Waals surface area contributed by atoms with E-state index in [0.717, 1.165) is 29.9 Å². The van der Waals surface area contributed by atoms with Crippen molar-refractivity contribution in [1.29, 1.82) is 0 Å². The van der Waals surface area contributed by atoms with Gasteiger partial charge in [-0.1, -0.05) is 37.2 Å². The molecule has 0 unspecified atom stereocenters. The molecule has 0 aromatic carbocycles. The number of nitrogens with two attached hydrogens (primary N) is 1. The number of imidazole rings is 1. The Balaban J connectivity index is 1.59. The zero-order chi connectivity index (χ0) is 19.6. The standard InChI is InChI=1S/C21H23N5OS/c1-15-5-2-9-21(27,13-15)10-8-17-24-19(22)18-20(25-17)26(14-23-18)11-3-6-16-7-4-12-28-16/h7,14-15,27H,2,4-5,9,11-13H2,1H3,(H2,22,24,25)/t15-,21-/m1/s1. The summed E-state index contributed by atoms with van der Waals surface area (Å²) in [5, 5.41) is 10.7. The van der Waals surface area contributed by atoms with Crippen LogP contribution in [0.3, 0.4) is 0 Å². The van der Waals surface area contributed by atoms with Crippen LogP contribution in [0, 0.1) is 29.6 Å². The van der Waals surface area contributed by atoms with Crippen molar-refractivity contribution in [3.63, 3.8) is 0 Å². The van der Waals surface area contributed by atoms with Crippen LogP contribution >= 0.6 is 11.8 Å². The molecule has 2 aromatic heterocycles. The van der Waals surface area contributed by atoms with Gasteiger partial charge in [-0.2, -0.15) is 0 Å². The third kappa shape index (κ3) is 4.16. The monoisotopic (exact) mass is 393 g/mol. The van der Waals surface area contributed by atoms with E-state index in [-0.39, 0.29) is 0 Å². The Labute approximate surface area is 169 Å². The first-order valence-electron chi connectivity index (χ1n) is 9.58. The molecule has 1 saturated carbocycles. The highest BCUT2D eigenvalue weighted by Gasteiger charge is 2.30. The Morgan fingerprint density at radius 2 is 2.29 bits per heavy atom. The zero-order valence-electron chi connectivity index (χ0n) is 15.9. The van der Waals surface area contributed by atoms with E-state index in [9.17, 15) is 5.11 Å². The third-order valence-corrected chi connectivity index (χ3v) is 6.06. The maximum absolute atomic E-state index is 10.7. The maximum atomic E-state index is 10.7. The molecule has 0 saturated heterocycles. The van der Waals surface area contributed by atoms with Gasteiger partial charge in [-0.3, -0.25) is 0 Å². The minimum absolute atomic E-state index is 0.291. The number of anilines is 1. The molecule has 0 spiro atoms. The van der Waals surface area contributed by atoms with E-state index in [1.165, 1.54) is 0 Å². The topological polar surface area (TPSA) is 89.9 Å². The SMILES string of the molecule is C[C@@H]1CCC[C@@](O)(C#Cc2nc(N)c3ncn(CC#CC4=CCCS4)c3n2)C1. The van der Waals surface area contributed by atoms with Crippen molar-refractivity contribution >= 4 is 28.7 Å². The molecule has 1 fully saturated rings. The lowest BCUT2D eigenvalue weighted by Gasteiger charge is -2.30. The number of rotatable bonds is 1. The predicted molar refractivity (Wildman–Crippen MR) is 112 cm³/mol. The second kappa shape index (κ2) is 7.87. The summed E-state index contributed by atoms with van der Waals surface area (Å²) in [4.78, 5) is 14.2. The lowest BCUT2D eigenvalue weighted by atomic mass is 9.79. The van der Waals surface area contributed by atoms with E-state index in [1.807, 2.05) is 4.57 Å². The summed E-state index contributed by atoms with van der Waals surface area (Å²) in [5.74, 6) is 14.4. The summed E-state index contributed by atoms with van der Waals surface area (Å²) in [6.07, 6.45) is 8.40. The van der Waals surface area contributed by atoms with Gasteiger partial charge in [-0.15, -0.1) is 11.8 Å². The van der Waals surface area contributed by atoms with Crippen molar-refractivity contribution in [2.45, 2.75) is 51.2 Å². The lowest BCUT2D eigenvalue weighted by Crippen LogP contribution is -2.32. The van der Waals surface area contributed by atoms with Crippen LogP contribution in [0.5, 0.6) is 0 Å². The number of aliphatic hydroxyl groups is 1. The molecule has 28 heavy (non-hydrogen) atoms. The van der Waals surface area contributed by atoms with Gasteiger partial charge in [0.05, 0.1) is 17.8 Å². The maximum Gasteiger partial charge on any atom is 0.209 e. The normalized spacial score (nSPS) is 24.2. The molecule has 7 heteroatoms. The fourth-order valence-electron chi connectivity index (χ4n) is 3.66. The molecule has 0 radical (unpaired) electrons. The number of hydrogen-bond donors (Lipinski definition) is 2. The van der Waals surface area contributed by atoms with Crippen molar-refractivity contribution in [2.24, 2.45) is 5.92 Å². The molecular weight excluding hydrogens is 370 g/mol. The van der Waals surface area contributed by atoms with Gasteiger partial charge in [0.2, 0.25) is 5.82 Å². The van der Waals surface area contributed by atoms with Gasteiger partial charge in [0.1, 0.15) is 11.1 Å². The molecule has 0 bridgehead atoms. The quantitative estimate of drug-likeness (QED) is 0.724. The molecule has 6 nitrogen and oxygen atoms in total. The molecule has 2 aromatic rings. The fraction of sp³-hybridized carbons (Fsp3) is 0.476. The molecule has 4 rings (SSSR count). The van der Waals surface area contributed by atoms with Crippen LogP contribution in [-0.2, 0) is 6.54 Å². The Bertz CT molecular complexity index is 1050. The fourth-order valence-corrected chi connectivity index (χ4v) is 4.50. The average Bonchev–Trinajstić information content (AvgIpc) is 3.31. The largest absolute Gasteiger partial charge is 0.382 e. The molecular formula is C21H23N5OS. The Kier molecular flexibility index (Phi) is 5.30. The van der Waals surface area contributed by atoms with Gasteiger partial charge in [0.15, 0.2) is 11.5 Å². The number of nitrogen functional groups attached to an aromatic ring is 1. The first-order chi connectivity index (χ1) is 13.5. The van der Waals surface area contributed by atoms with Crippen molar-refractivity contribution in [1.82, 2.24) is 19.5 Å². The molecule has 2 aliphatic rings. The van der Waals surface area contributed by atoms with E-state index in [4.69, 9.17) is 5.73 Å². The molecule has 3 N–H and O–H groups in total. The van der Waals surface area contributed by atoms with E-state index in [0.29, 0.717) is 48.1 Å². The first-order valence-corrected chi connectivity index (χ1v) is 10.6. The molecule has 1 aliphatic heterocycles. The van der Waals surface area contributed by atoms with Gasteiger partial charge >= 0.3 is 0 Å². The highest BCUT2D eigenvalue weighted by molar-refractivity contribution is 8.03. The minimum Gasteiger partial charge on any atom is -0.382 e. The van der Waals surface area contributed by atoms with Gasteiger partial charge in [-0.05, 0) is 37.5 Å². The Morgan fingerprint density at radius 1 is 1.39 bits per heavy atom. The van der Waals surface area contributed by atoms with Crippen LogP contribution in [0.25, 0.3) is 11.2 Å². The number of aromatic nitrogens is 4. The minimum atomic E-state index is -0.969. The summed E-state index contributed by atoms with van der Waals surface area (Å²) in [6, 6.07) is 0. The van der Waals surface area contributed by atoms with E-state index in [2.05, 4.69) is 51.6 Å². The number of fused-ring (bicyclic) bond motifs is 1. The zero-order valence-corrected chi connectivity index (χ0v) is 16.7. The van der Waals surface area contributed by atoms with Crippen LogP contribution in [-0.4, -0.2) is 36.0 Å². The van der Waals surface area contributed by atoms with Crippen LogP contribution in [0.2, 0.25) is 0 Å². The third-order valence-electron chi connectivity index (χ3n) is 5.04. The molecule has 3 heterocycles. The van der Waals surface area contributed by atoms with Crippen molar-refractivity contribution in [2.75, 3.05) is 11.5 Å². The summed E-state index contributed by atoms with van der Waals surface area (Å²) in [7, 11) is 0. The van der Waals surface area contributed by atoms with Crippen molar-refractivity contribution < 1.29 is 5.11 Å². The van der Waals surface area contributed by atoms with Gasteiger partial charge < -0.3 is 15.4 Å². The second-order valence-electron chi connectivity index (χ2n) is 7.47. The predicted octanol–water partition coefficient (Wildman–Crippen LogP) is 2.73. The summed E-state index contributed by atoms with van der Waals surface area (Å²) >= 11 is 1.78. The first kappa shape index (κ1) is 18.9. The lowest BCUT2D eigenvalue weighted by molar-refractivity contribution is 0.0410. The Hall–Kier alpha value is -2.48. The summed E-state index contributed by atoms with van der Waals surface area (Å²) in [5.41, 5.74) is 6.25.